The van der Waals surface area contributed by atoms with Crippen molar-refractivity contribution in [3.05, 3.63) is 64.8 Å². The number of unbranched alkanes of at least 4 members (excludes halogenated alkanes) is 1. The van der Waals surface area contributed by atoms with E-state index < -0.39 is 0 Å². The molecule has 0 bridgehead atoms. The van der Waals surface area contributed by atoms with Crippen molar-refractivity contribution in [2.24, 2.45) is 0 Å². The van der Waals surface area contributed by atoms with Gasteiger partial charge in [0.05, 0.1) is 31.9 Å². The zero-order chi connectivity index (χ0) is 26.4. The molecule has 1 unspecified atom stereocenters. The molecule has 2 heterocycles. The van der Waals surface area contributed by atoms with Gasteiger partial charge in [0.1, 0.15) is 5.75 Å². The fourth-order valence-corrected chi connectivity index (χ4v) is 5.04. The van der Waals surface area contributed by atoms with Crippen LogP contribution >= 0.6 is 0 Å². The summed E-state index contributed by atoms with van der Waals surface area (Å²) in [4.78, 5) is 27.2. The maximum Gasteiger partial charge on any atom is 0.418 e. The van der Waals surface area contributed by atoms with Crippen LogP contribution in [0.2, 0.25) is 0 Å². The fourth-order valence-electron chi connectivity index (χ4n) is 5.04. The van der Waals surface area contributed by atoms with E-state index in [-0.39, 0.29) is 18.1 Å². The van der Waals surface area contributed by atoms with Crippen LogP contribution in [0.4, 0.5) is 4.79 Å². The number of methoxy groups -OCH3 is 2. The summed E-state index contributed by atoms with van der Waals surface area (Å²) in [5.41, 5.74) is 4.51. The predicted molar refractivity (Wildman–Crippen MR) is 143 cm³/mol. The molecule has 0 radical (unpaired) electrons. The van der Waals surface area contributed by atoms with E-state index in [4.69, 9.17) is 14.2 Å². The van der Waals surface area contributed by atoms with Gasteiger partial charge in [-0.1, -0.05) is 25.5 Å². The number of benzene rings is 2. The normalized spacial score (nSPS) is 16.4. The number of esters is 1. The standard InChI is InChI=1S/C29H37N3O5/c1-5-6-16-37-29(34)32-15-12-23-24(26(35-3)17-20(2)27(23)32)19-31-14-7-13-30-18-25(31)21-8-10-22(11-9-21)28(33)36-4/h8-12,15,17,25,30H,5-7,13-14,16,18-19H2,1-4H3. The molecule has 0 spiro atoms. The molecule has 1 aromatic heterocycles. The number of carbonyl (C=O) groups is 2. The van der Waals surface area contributed by atoms with Gasteiger partial charge in [-0.25, -0.2) is 9.59 Å². The van der Waals surface area contributed by atoms with Gasteiger partial charge in [0.15, 0.2) is 0 Å². The van der Waals surface area contributed by atoms with E-state index in [9.17, 15) is 9.59 Å². The van der Waals surface area contributed by atoms with Gasteiger partial charge in [0, 0.05) is 42.8 Å². The SMILES string of the molecule is CCCCOC(=O)n1ccc2c(CN3CCCNCC3c3ccc(C(=O)OC)cc3)c(OC)cc(C)c21. The summed E-state index contributed by atoms with van der Waals surface area (Å²) in [5.74, 6) is 0.464. The first kappa shape index (κ1) is 26.7. The van der Waals surface area contributed by atoms with Crippen LogP contribution in [0.1, 0.15) is 59.3 Å². The van der Waals surface area contributed by atoms with Gasteiger partial charge in [-0.2, -0.15) is 0 Å². The van der Waals surface area contributed by atoms with Gasteiger partial charge in [0.25, 0.3) is 0 Å². The summed E-state index contributed by atoms with van der Waals surface area (Å²) < 4.78 is 17.8. The molecule has 1 aliphatic rings. The molecule has 0 saturated carbocycles. The second-order valence-electron chi connectivity index (χ2n) is 9.45. The summed E-state index contributed by atoms with van der Waals surface area (Å²) in [6, 6.07) is 11.7. The third kappa shape index (κ3) is 5.81. The Labute approximate surface area is 218 Å². The van der Waals surface area contributed by atoms with E-state index in [1.165, 1.54) is 7.11 Å². The summed E-state index contributed by atoms with van der Waals surface area (Å²) in [6.45, 7) is 7.75. The lowest BCUT2D eigenvalue weighted by atomic mass is 10.0. The molecule has 4 rings (SSSR count). The summed E-state index contributed by atoms with van der Waals surface area (Å²) in [7, 11) is 3.08. The Morgan fingerprint density at radius 1 is 1.14 bits per heavy atom. The van der Waals surface area contributed by atoms with Gasteiger partial charge < -0.3 is 19.5 Å². The first-order chi connectivity index (χ1) is 18.0. The topological polar surface area (TPSA) is 82.0 Å². The molecule has 0 aliphatic carbocycles. The highest BCUT2D eigenvalue weighted by molar-refractivity contribution is 5.95. The maximum absolute atomic E-state index is 12.8. The van der Waals surface area contributed by atoms with Crippen LogP contribution in [0.15, 0.2) is 42.6 Å². The Kier molecular flexibility index (Phi) is 8.84. The van der Waals surface area contributed by atoms with E-state index in [1.54, 1.807) is 17.9 Å². The van der Waals surface area contributed by atoms with Crippen molar-refractivity contribution in [1.82, 2.24) is 14.8 Å². The maximum atomic E-state index is 12.8. The molecule has 1 N–H and O–H groups in total. The molecule has 1 saturated heterocycles. The lowest BCUT2D eigenvalue weighted by Gasteiger charge is -2.31. The third-order valence-corrected chi connectivity index (χ3v) is 7.03. The van der Waals surface area contributed by atoms with Crippen LogP contribution in [-0.2, 0) is 16.0 Å². The van der Waals surface area contributed by atoms with Crippen LogP contribution in [0, 0.1) is 6.92 Å². The van der Waals surface area contributed by atoms with Crippen molar-refractivity contribution in [2.75, 3.05) is 40.5 Å². The molecule has 1 aliphatic heterocycles. The number of hydrogen-bond donors (Lipinski definition) is 1. The van der Waals surface area contributed by atoms with Crippen molar-refractivity contribution in [3.8, 4) is 5.75 Å². The van der Waals surface area contributed by atoms with Crippen LogP contribution in [0.5, 0.6) is 5.75 Å². The van der Waals surface area contributed by atoms with Gasteiger partial charge >= 0.3 is 12.1 Å². The lowest BCUT2D eigenvalue weighted by Crippen LogP contribution is -2.32. The minimum absolute atomic E-state index is 0.108. The van der Waals surface area contributed by atoms with Gasteiger partial charge in [-0.15, -0.1) is 0 Å². The lowest BCUT2D eigenvalue weighted by molar-refractivity contribution is 0.0600. The smallest absolute Gasteiger partial charge is 0.418 e. The highest BCUT2D eigenvalue weighted by Crippen LogP contribution is 2.35. The number of ether oxygens (including phenoxy) is 3. The number of carbonyl (C=O) groups excluding carboxylic acids is 2. The Hall–Kier alpha value is -3.36. The monoisotopic (exact) mass is 507 g/mol. The van der Waals surface area contributed by atoms with E-state index >= 15 is 0 Å². The van der Waals surface area contributed by atoms with Crippen molar-refractivity contribution in [2.45, 2.75) is 45.7 Å². The number of hydrogen-bond acceptors (Lipinski definition) is 7. The summed E-state index contributed by atoms with van der Waals surface area (Å²) >= 11 is 0. The largest absolute Gasteiger partial charge is 0.496 e. The summed E-state index contributed by atoms with van der Waals surface area (Å²) in [5, 5.41) is 4.54. The predicted octanol–water partition coefficient (Wildman–Crippen LogP) is 5.07. The van der Waals surface area contributed by atoms with Crippen molar-refractivity contribution in [1.29, 1.82) is 0 Å². The molecule has 8 heteroatoms. The van der Waals surface area contributed by atoms with Gasteiger partial charge in [-0.3, -0.25) is 9.47 Å². The van der Waals surface area contributed by atoms with Crippen LogP contribution in [-0.4, -0.2) is 62.0 Å². The van der Waals surface area contributed by atoms with Crippen LogP contribution in [0.25, 0.3) is 10.9 Å². The molecule has 198 valence electrons. The average Bonchev–Trinajstić information content (AvgIpc) is 3.24. The van der Waals surface area contributed by atoms with Crippen LogP contribution in [0.3, 0.4) is 0 Å². The molecule has 1 atom stereocenters. The molecule has 37 heavy (non-hydrogen) atoms. The first-order valence-electron chi connectivity index (χ1n) is 13.0. The zero-order valence-corrected chi connectivity index (χ0v) is 22.2. The second-order valence-corrected chi connectivity index (χ2v) is 9.45. The van der Waals surface area contributed by atoms with E-state index in [2.05, 4.69) is 17.1 Å². The average molecular weight is 508 g/mol. The Morgan fingerprint density at radius 2 is 1.92 bits per heavy atom. The number of fused-ring (bicyclic) bond motifs is 1. The van der Waals surface area contributed by atoms with Crippen molar-refractivity contribution in [3.63, 3.8) is 0 Å². The fraction of sp³-hybridized carbons (Fsp3) is 0.448. The Morgan fingerprint density at radius 3 is 2.62 bits per heavy atom. The molecule has 8 nitrogen and oxygen atoms in total. The molecule has 3 aromatic rings. The number of aromatic nitrogens is 1. The Balaban J connectivity index is 1.69. The minimum atomic E-state index is -0.356. The van der Waals surface area contributed by atoms with E-state index in [0.29, 0.717) is 18.7 Å². The van der Waals surface area contributed by atoms with E-state index in [1.807, 2.05) is 43.3 Å². The number of rotatable bonds is 8. The number of aryl methyl sites for hydroxylation is 1. The molecule has 1 fully saturated rings. The van der Waals surface area contributed by atoms with E-state index in [0.717, 1.165) is 72.2 Å². The zero-order valence-electron chi connectivity index (χ0n) is 22.2. The second kappa shape index (κ2) is 12.3. The van der Waals surface area contributed by atoms with Crippen LogP contribution < -0.4 is 10.1 Å². The highest BCUT2D eigenvalue weighted by atomic mass is 16.5. The minimum Gasteiger partial charge on any atom is -0.496 e. The summed E-state index contributed by atoms with van der Waals surface area (Å²) in [6.07, 6.45) is 4.26. The number of nitrogens with one attached hydrogen (secondary N) is 1. The van der Waals surface area contributed by atoms with Crippen molar-refractivity contribution >= 4 is 23.0 Å². The molecule has 0 amide bonds. The number of nitrogens with zero attached hydrogens (tertiary/aromatic N) is 2. The molecular formula is C29H37N3O5. The van der Waals surface area contributed by atoms with Gasteiger partial charge in [-0.05, 0) is 61.7 Å². The Bertz CT molecular complexity index is 1230. The molecule has 2 aromatic carbocycles. The first-order valence-corrected chi connectivity index (χ1v) is 13.0. The third-order valence-electron chi connectivity index (χ3n) is 7.03. The molecular weight excluding hydrogens is 470 g/mol. The quantitative estimate of drug-likeness (QED) is 0.337. The van der Waals surface area contributed by atoms with Gasteiger partial charge in [0.2, 0.25) is 0 Å². The van der Waals surface area contributed by atoms with Crippen molar-refractivity contribution < 1.29 is 23.8 Å². The highest BCUT2D eigenvalue weighted by Gasteiger charge is 2.26.